The molecule has 0 amide bonds. The Bertz CT molecular complexity index is 253. The maximum Gasteiger partial charge on any atom is 0.209 e. The molecule has 0 aliphatic heterocycles. The normalized spacial score (nSPS) is 10.8. The zero-order valence-corrected chi connectivity index (χ0v) is 8.06. The zero-order valence-electron chi connectivity index (χ0n) is 6.66. The van der Waals surface area contributed by atoms with Gasteiger partial charge in [-0.25, -0.2) is 0 Å². The Kier molecular flexibility index (Phi) is 3.33. The van der Waals surface area contributed by atoms with Crippen molar-refractivity contribution in [2.45, 2.75) is 6.61 Å². The van der Waals surface area contributed by atoms with E-state index in [0.29, 0.717) is 6.61 Å². The third kappa shape index (κ3) is 3.27. The van der Waals surface area contributed by atoms with E-state index in [4.69, 9.17) is 5.52 Å². The van der Waals surface area contributed by atoms with Gasteiger partial charge in [0, 0.05) is 16.9 Å². The molecule has 11 heavy (non-hydrogen) atoms. The van der Waals surface area contributed by atoms with Crippen molar-refractivity contribution in [3.8, 4) is 0 Å². The summed E-state index contributed by atoms with van der Waals surface area (Å²) < 4.78 is 12.7. The molecule has 1 rings (SSSR count). The van der Waals surface area contributed by atoms with Gasteiger partial charge in [0.2, 0.25) is 7.09 Å². The summed E-state index contributed by atoms with van der Waals surface area (Å²) in [5, 5.41) is 0. The van der Waals surface area contributed by atoms with E-state index >= 15 is 0 Å². The van der Waals surface area contributed by atoms with Gasteiger partial charge in [-0.3, -0.25) is 4.98 Å². The molecule has 1 aromatic rings. The van der Waals surface area contributed by atoms with Crippen LogP contribution in [-0.4, -0.2) is 13.4 Å². The summed E-state index contributed by atoms with van der Waals surface area (Å²) in [5.74, 6) is 0. The summed E-state index contributed by atoms with van der Waals surface area (Å²) in [5.41, 5.74) is 0.985. The fourth-order valence-electron chi connectivity index (χ4n) is 0.637. The fourth-order valence-corrected chi connectivity index (χ4v) is 1.25. The van der Waals surface area contributed by atoms with Crippen molar-refractivity contribution in [2.75, 3.05) is 0 Å². The first-order chi connectivity index (χ1) is 5.83. The van der Waals surface area contributed by atoms with Gasteiger partial charge in [0.15, 0.2) is 0 Å². The number of aromatic nitrogens is 1. The molecule has 0 saturated carbocycles. The molecule has 1 radical (unpaired) electrons. The van der Waals surface area contributed by atoms with Crippen molar-refractivity contribution in [1.29, 1.82) is 1.34 Å². The smallest absolute Gasteiger partial charge is 0.209 e. The topological polar surface area (TPSA) is 22.1 Å². The minimum atomic E-state index is 0.465. The molecule has 0 spiro atoms. The van der Waals surface area contributed by atoms with Crippen molar-refractivity contribution < 1.29 is 4.18 Å². The quantitative estimate of drug-likeness (QED) is 0.449. The van der Waals surface area contributed by atoms with Crippen LogP contribution in [0.4, 0.5) is 0 Å². The summed E-state index contributed by atoms with van der Waals surface area (Å²) in [6.45, 7) is 0.465. The summed E-state index contributed by atoms with van der Waals surface area (Å²) in [7, 11) is 1.14. The van der Waals surface area contributed by atoms with Crippen molar-refractivity contribution >= 4 is 34.9 Å². The van der Waals surface area contributed by atoms with Gasteiger partial charge in [-0.1, -0.05) is 11.9 Å². The minimum Gasteiger partial charge on any atom is -0.323 e. The number of rotatable bonds is 4. The van der Waals surface area contributed by atoms with Gasteiger partial charge in [-0.05, 0) is 28.9 Å². The first-order valence-corrected chi connectivity index (χ1v) is 4.50. The maximum absolute atomic E-state index is 6.70. The van der Waals surface area contributed by atoms with Crippen LogP contribution in [0.15, 0.2) is 22.9 Å². The molecule has 1 heterocycles. The highest BCUT2D eigenvalue weighted by atomic mass is 79.9. The van der Waals surface area contributed by atoms with E-state index in [1.54, 1.807) is 12.4 Å². The van der Waals surface area contributed by atoms with Crippen LogP contribution in [0.2, 0.25) is 0 Å². The van der Waals surface area contributed by atoms with Gasteiger partial charge < -0.3 is 4.18 Å². The van der Waals surface area contributed by atoms with Crippen LogP contribution in [0.25, 0.3) is 0 Å². The van der Waals surface area contributed by atoms with E-state index in [-0.39, 0.29) is 0 Å². The van der Waals surface area contributed by atoms with Crippen LogP contribution in [0.1, 0.15) is 5.56 Å². The van der Waals surface area contributed by atoms with Gasteiger partial charge in [-0.2, -0.15) is 0 Å². The third-order valence-electron chi connectivity index (χ3n) is 1.06. The van der Waals surface area contributed by atoms with Crippen molar-refractivity contribution in [3.05, 3.63) is 28.5 Å². The molecular formula is C6H6BBrNOS. The summed E-state index contributed by atoms with van der Waals surface area (Å²) in [6.07, 6.45) is 3.45. The van der Waals surface area contributed by atoms with E-state index in [9.17, 15) is 0 Å². The molecule has 2 nitrogen and oxygen atoms in total. The lowest BCUT2D eigenvalue weighted by Gasteiger charge is -1.99. The van der Waals surface area contributed by atoms with Gasteiger partial charge in [-0.15, -0.1) is 0 Å². The number of pyridine rings is 1. The highest BCUT2D eigenvalue weighted by Gasteiger charge is 1.93. The number of hydrogen-bond acceptors (Lipinski definition) is 3. The second-order valence-electron chi connectivity index (χ2n) is 1.87. The summed E-state index contributed by atoms with van der Waals surface area (Å²) in [6, 6.07) is 1.93. The van der Waals surface area contributed by atoms with E-state index < -0.39 is 0 Å². The number of nitrogens with zero attached hydrogens (tertiary/aromatic N) is 1. The molecule has 0 aliphatic rings. The zero-order chi connectivity index (χ0) is 8.81. The molecule has 0 aliphatic carbocycles. The van der Waals surface area contributed by atoms with Crippen LogP contribution in [-0.2, 0) is 10.8 Å². The number of halogens is 1. The van der Waals surface area contributed by atoms with E-state index in [1.807, 2.05) is 6.07 Å². The molecule has 5 heteroatoms. The molecular weight excluding hydrogens is 225 g/mol. The van der Waals surface area contributed by atoms with Gasteiger partial charge >= 0.3 is 0 Å². The van der Waals surface area contributed by atoms with Crippen LogP contribution >= 0.6 is 27.8 Å². The Morgan fingerprint density at radius 3 is 3.45 bits per heavy atom. The predicted octanol–water partition coefficient (Wildman–Crippen LogP) is 1.82. The second kappa shape index (κ2) is 4.80. The second-order valence-corrected chi connectivity index (χ2v) is 3.21. The third-order valence-corrected chi connectivity index (χ3v) is 1.74. The molecule has 1 aromatic heterocycles. The monoisotopic (exact) mass is 232 g/mol. The summed E-state index contributed by atoms with van der Waals surface area (Å²) in [4.78, 5) is 3.97. The lowest BCUT2D eigenvalue weighted by atomic mass is 10.3. The minimum absolute atomic E-state index is 0.465. The van der Waals surface area contributed by atoms with Crippen molar-refractivity contribution in [2.24, 2.45) is 0 Å². The van der Waals surface area contributed by atoms with Crippen LogP contribution in [0, 0.1) is 0 Å². The molecule has 0 unspecified atom stereocenters. The molecule has 0 saturated heterocycles. The average molecular weight is 233 g/mol. The van der Waals surface area contributed by atoms with E-state index in [2.05, 4.69) is 20.9 Å². The van der Waals surface area contributed by atoms with Crippen LogP contribution in [0.5, 0.6) is 0 Å². The molecule has 0 atom stereocenters. The van der Waals surface area contributed by atoms with Crippen molar-refractivity contribution in [1.82, 2.24) is 4.98 Å². The van der Waals surface area contributed by atoms with Gasteiger partial charge in [0.25, 0.3) is 0 Å². The Labute approximate surface area is 80.7 Å². The molecule has 0 fully saturated rings. The SMILES string of the molecule is [3H][B]SOCc1cncc(Br)c1. The molecule has 0 N–H and O–H groups in total. The maximum atomic E-state index is 6.70. The Morgan fingerprint density at radius 1 is 1.82 bits per heavy atom. The van der Waals surface area contributed by atoms with Gasteiger partial charge in [0.05, 0.1) is 6.61 Å². The largest absolute Gasteiger partial charge is 0.323 e. The van der Waals surface area contributed by atoms with E-state index in [0.717, 1.165) is 29.0 Å². The lowest BCUT2D eigenvalue weighted by Crippen LogP contribution is -1.86. The molecule has 0 aromatic carbocycles. The standard InChI is InChI=1S/C6H6BBrNOS/c7-11-10-4-5-1-6(8)3-9-2-5/h1-3,7H,4H2/i7T. The first-order valence-electron chi connectivity index (χ1n) is 3.48. The Hall–Kier alpha value is 0.00494. The predicted molar refractivity (Wildman–Crippen MR) is 51.5 cm³/mol. The first kappa shape index (κ1) is 7.64. The molecule has 57 valence electrons. The highest BCUT2D eigenvalue weighted by Crippen LogP contribution is 2.11. The van der Waals surface area contributed by atoms with E-state index in [1.165, 1.54) is 0 Å². The molecule has 0 bridgehead atoms. The van der Waals surface area contributed by atoms with Gasteiger partial charge in [0.1, 0.15) is 0 Å². The Morgan fingerprint density at radius 2 is 2.73 bits per heavy atom. The summed E-state index contributed by atoms with van der Waals surface area (Å²) >= 11 is 4.31. The number of hydrogen-bond donors (Lipinski definition) is 0. The lowest BCUT2D eigenvalue weighted by molar-refractivity contribution is 0.368. The highest BCUT2D eigenvalue weighted by molar-refractivity contribution is 9.10. The van der Waals surface area contributed by atoms with Crippen LogP contribution in [0.3, 0.4) is 0 Å². The van der Waals surface area contributed by atoms with Crippen molar-refractivity contribution in [3.63, 3.8) is 0 Å². The average Bonchev–Trinajstić information content (AvgIpc) is 2.05. The Balaban J connectivity index is 2.41. The fraction of sp³-hybridized carbons (Fsp3) is 0.167. The van der Waals surface area contributed by atoms with Crippen LogP contribution < -0.4 is 0 Å².